The lowest BCUT2D eigenvalue weighted by Gasteiger charge is -2.05. The van der Waals surface area contributed by atoms with Crippen LogP contribution in [0.1, 0.15) is 11.4 Å². The third-order valence-electron chi connectivity index (χ3n) is 2.51. The van der Waals surface area contributed by atoms with Gasteiger partial charge in [-0.3, -0.25) is 15.2 Å². The van der Waals surface area contributed by atoms with Crippen LogP contribution in [-0.2, 0) is 10.0 Å². The van der Waals surface area contributed by atoms with E-state index in [1.54, 1.807) is 6.92 Å². The second-order valence-corrected chi connectivity index (χ2v) is 5.74. The molecule has 0 saturated heterocycles. The molecule has 0 bridgehead atoms. The fourth-order valence-corrected chi connectivity index (χ4v) is 2.48. The van der Waals surface area contributed by atoms with Gasteiger partial charge >= 0.3 is 0 Å². The number of aromatic amines is 1. The van der Waals surface area contributed by atoms with Gasteiger partial charge in [0.2, 0.25) is 0 Å². The van der Waals surface area contributed by atoms with Crippen molar-refractivity contribution < 1.29 is 13.3 Å². The van der Waals surface area contributed by atoms with Gasteiger partial charge in [0.1, 0.15) is 5.82 Å². The molecule has 10 heteroatoms. The molecule has 0 saturated carbocycles. The first-order chi connectivity index (χ1) is 9.29. The number of benzene rings is 1. The highest BCUT2D eigenvalue weighted by atomic mass is 32.2. The predicted molar refractivity (Wildman–Crippen MR) is 69.8 cm³/mol. The number of nitro groups is 1. The standard InChI is InChI=1S/C10H11N5O4S/c1-6-3-4-8(5-9(6)15(16)17)20(18,19)14-10-11-7(2)12-13-10/h3-5H,1-2H3,(H2,11,12,13,14). The first-order valence-corrected chi connectivity index (χ1v) is 6.95. The highest BCUT2D eigenvalue weighted by Gasteiger charge is 2.21. The van der Waals surface area contributed by atoms with Crippen LogP contribution < -0.4 is 4.72 Å². The summed E-state index contributed by atoms with van der Waals surface area (Å²) in [6.45, 7) is 3.14. The zero-order chi connectivity index (χ0) is 14.9. The Morgan fingerprint density at radius 3 is 2.60 bits per heavy atom. The van der Waals surface area contributed by atoms with Crippen LogP contribution in [0.4, 0.5) is 11.6 Å². The molecular weight excluding hydrogens is 286 g/mol. The Balaban J connectivity index is 2.39. The summed E-state index contributed by atoms with van der Waals surface area (Å²) in [4.78, 5) is 13.8. The molecule has 2 aromatic rings. The maximum absolute atomic E-state index is 12.1. The molecule has 9 nitrogen and oxygen atoms in total. The molecule has 0 radical (unpaired) electrons. The summed E-state index contributed by atoms with van der Waals surface area (Å²) in [5.74, 6) is 0.323. The van der Waals surface area contributed by atoms with Gasteiger partial charge in [-0.05, 0) is 19.9 Å². The summed E-state index contributed by atoms with van der Waals surface area (Å²) in [6, 6.07) is 3.65. The van der Waals surface area contributed by atoms with Gasteiger partial charge in [0, 0.05) is 11.6 Å². The highest BCUT2D eigenvalue weighted by Crippen LogP contribution is 2.23. The van der Waals surface area contributed by atoms with E-state index in [2.05, 4.69) is 19.9 Å². The number of aryl methyl sites for hydroxylation is 2. The molecule has 0 atom stereocenters. The van der Waals surface area contributed by atoms with Crippen LogP contribution in [0.25, 0.3) is 0 Å². The Labute approximate surface area is 114 Å². The number of nitrogens with one attached hydrogen (secondary N) is 2. The van der Waals surface area contributed by atoms with Crippen LogP contribution in [-0.4, -0.2) is 28.5 Å². The van der Waals surface area contributed by atoms with E-state index < -0.39 is 14.9 Å². The lowest BCUT2D eigenvalue weighted by molar-refractivity contribution is -0.385. The van der Waals surface area contributed by atoms with E-state index in [4.69, 9.17) is 0 Å². The van der Waals surface area contributed by atoms with Crippen molar-refractivity contribution in [1.29, 1.82) is 0 Å². The molecule has 0 aliphatic carbocycles. The molecule has 0 aliphatic rings. The van der Waals surface area contributed by atoms with Crippen molar-refractivity contribution in [2.75, 3.05) is 4.72 Å². The van der Waals surface area contributed by atoms with Gasteiger partial charge in [0.25, 0.3) is 21.7 Å². The molecule has 0 spiro atoms. The SMILES string of the molecule is Cc1nc(NS(=O)(=O)c2ccc(C)c([N+](=O)[O-])c2)n[nH]1. The number of rotatable bonds is 4. The van der Waals surface area contributed by atoms with Crippen molar-refractivity contribution in [2.24, 2.45) is 0 Å². The molecule has 106 valence electrons. The summed E-state index contributed by atoms with van der Waals surface area (Å²) in [7, 11) is -3.97. The Morgan fingerprint density at radius 2 is 2.05 bits per heavy atom. The molecule has 2 N–H and O–H groups in total. The van der Waals surface area contributed by atoms with Crippen molar-refractivity contribution in [3.8, 4) is 0 Å². The Kier molecular flexibility index (Phi) is 3.40. The Morgan fingerprint density at radius 1 is 1.35 bits per heavy atom. The summed E-state index contributed by atoms with van der Waals surface area (Å²) in [6.07, 6.45) is 0. The maximum atomic E-state index is 12.1. The molecule has 2 rings (SSSR count). The topological polar surface area (TPSA) is 131 Å². The maximum Gasteiger partial charge on any atom is 0.273 e. The van der Waals surface area contributed by atoms with Gasteiger partial charge in [-0.1, -0.05) is 6.07 Å². The molecule has 0 amide bonds. The fourth-order valence-electron chi connectivity index (χ4n) is 1.52. The van der Waals surface area contributed by atoms with Gasteiger partial charge in [-0.15, -0.1) is 5.10 Å². The van der Waals surface area contributed by atoms with Crippen molar-refractivity contribution >= 4 is 21.7 Å². The normalized spacial score (nSPS) is 11.3. The van der Waals surface area contributed by atoms with Crippen LogP contribution in [0, 0.1) is 24.0 Å². The molecule has 0 fully saturated rings. The molecule has 0 aliphatic heterocycles. The monoisotopic (exact) mass is 297 g/mol. The van der Waals surface area contributed by atoms with Crippen molar-refractivity contribution in [1.82, 2.24) is 15.2 Å². The number of hydrogen-bond acceptors (Lipinski definition) is 6. The number of sulfonamides is 1. The van der Waals surface area contributed by atoms with E-state index in [1.807, 2.05) is 0 Å². The predicted octanol–water partition coefficient (Wildman–Crippen LogP) is 1.13. The number of nitro benzene ring substituents is 1. The van der Waals surface area contributed by atoms with E-state index in [9.17, 15) is 18.5 Å². The quantitative estimate of drug-likeness (QED) is 0.642. The van der Waals surface area contributed by atoms with Gasteiger partial charge in [0.05, 0.1) is 9.82 Å². The van der Waals surface area contributed by atoms with Gasteiger partial charge < -0.3 is 0 Å². The van der Waals surface area contributed by atoms with Crippen molar-refractivity contribution in [3.63, 3.8) is 0 Å². The van der Waals surface area contributed by atoms with Crippen molar-refractivity contribution in [3.05, 3.63) is 39.7 Å². The van der Waals surface area contributed by atoms with Crippen LogP contribution in [0.3, 0.4) is 0 Å². The van der Waals surface area contributed by atoms with E-state index in [0.29, 0.717) is 11.4 Å². The fraction of sp³-hybridized carbons (Fsp3) is 0.200. The Bertz CT molecular complexity index is 768. The minimum atomic E-state index is -3.97. The van der Waals surface area contributed by atoms with Crippen molar-refractivity contribution in [2.45, 2.75) is 18.7 Å². The number of aromatic nitrogens is 3. The molecule has 20 heavy (non-hydrogen) atoms. The third-order valence-corrected chi connectivity index (χ3v) is 3.84. The summed E-state index contributed by atoms with van der Waals surface area (Å²) in [5, 5.41) is 16.9. The van der Waals surface area contributed by atoms with Crippen LogP contribution >= 0.6 is 0 Å². The largest absolute Gasteiger partial charge is 0.273 e. The van der Waals surface area contributed by atoms with E-state index in [0.717, 1.165) is 6.07 Å². The average Bonchev–Trinajstić information content (AvgIpc) is 2.73. The molecule has 0 unspecified atom stereocenters. The molecule has 1 heterocycles. The van der Waals surface area contributed by atoms with Crippen LogP contribution in [0.5, 0.6) is 0 Å². The zero-order valence-corrected chi connectivity index (χ0v) is 11.4. The first-order valence-electron chi connectivity index (χ1n) is 5.46. The van der Waals surface area contributed by atoms with Gasteiger partial charge in [-0.2, -0.15) is 4.98 Å². The number of H-pyrrole nitrogens is 1. The first kappa shape index (κ1) is 13.9. The average molecular weight is 297 g/mol. The minimum absolute atomic E-state index is 0.120. The number of hydrogen-bond donors (Lipinski definition) is 2. The minimum Gasteiger partial charge on any atom is -0.261 e. The summed E-state index contributed by atoms with van der Waals surface area (Å²) < 4.78 is 26.3. The van der Waals surface area contributed by atoms with Crippen LogP contribution in [0.2, 0.25) is 0 Å². The van der Waals surface area contributed by atoms with E-state index in [1.165, 1.54) is 19.1 Å². The smallest absolute Gasteiger partial charge is 0.261 e. The lowest BCUT2D eigenvalue weighted by Crippen LogP contribution is -2.14. The van der Waals surface area contributed by atoms with Gasteiger partial charge in [-0.25, -0.2) is 13.1 Å². The second-order valence-electron chi connectivity index (χ2n) is 4.06. The zero-order valence-electron chi connectivity index (χ0n) is 10.6. The molecule has 1 aromatic carbocycles. The molecular formula is C10H11N5O4S. The Hall–Kier alpha value is -2.49. The van der Waals surface area contributed by atoms with Crippen LogP contribution in [0.15, 0.2) is 23.1 Å². The highest BCUT2D eigenvalue weighted by molar-refractivity contribution is 7.92. The second kappa shape index (κ2) is 4.89. The van der Waals surface area contributed by atoms with Gasteiger partial charge in [0.15, 0.2) is 0 Å². The van der Waals surface area contributed by atoms with E-state index in [-0.39, 0.29) is 16.5 Å². The third kappa shape index (κ3) is 2.74. The lowest BCUT2D eigenvalue weighted by atomic mass is 10.2. The van der Waals surface area contributed by atoms with E-state index >= 15 is 0 Å². The number of anilines is 1. The summed E-state index contributed by atoms with van der Waals surface area (Å²) >= 11 is 0. The number of nitrogens with zero attached hydrogens (tertiary/aromatic N) is 3. The molecule has 1 aromatic heterocycles. The summed E-state index contributed by atoms with van der Waals surface area (Å²) in [5.41, 5.74) is 0.113.